The molecule has 2 aromatic carbocycles. The second-order valence-corrected chi connectivity index (χ2v) is 6.73. The van der Waals surface area contributed by atoms with Crippen LogP contribution in [0.5, 0.6) is 5.75 Å². The molecule has 0 unspecified atom stereocenters. The molecule has 0 N–H and O–H groups in total. The number of rotatable bonds is 3. The van der Waals surface area contributed by atoms with Gasteiger partial charge in [-0.25, -0.2) is 0 Å². The average molecular weight is 330 g/mol. The van der Waals surface area contributed by atoms with E-state index < -0.39 is 0 Å². The summed E-state index contributed by atoms with van der Waals surface area (Å²) < 4.78 is 11.6. The van der Waals surface area contributed by atoms with Gasteiger partial charge in [-0.15, -0.1) is 0 Å². The summed E-state index contributed by atoms with van der Waals surface area (Å²) in [6.07, 6.45) is 3.19. The molecule has 0 amide bonds. The maximum atomic E-state index is 5.96. The van der Waals surface area contributed by atoms with E-state index in [4.69, 9.17) is 9.15 Å². The van der Waals surface area contributed by atoms with Crippen LogP contribution in [-0.2, 0) is 6.42 Å². The molecule has 0 fully saturated rings. The minimum atomic E-state index is 0.907. The van der Waals surface area contributed by atoms with Crippen molar-refractivity contribution in [3.8, 4) is 16.9 Å². The first-order valence-electron chi connectivity index (χ1n) is 8.62. The van der Waals surface area contributed by atoms with Crippen LogP contribution in [0.2, 0.25) is 0 Å². The quantitative estimate of drug-likeness (QED) is 0.589. The lowest BCUT2D eigenvalue weighted by Crippen LogP contribution is -1.94. The van der Waals surface area contributed by atoms with Gasteiger partial charge in [0.2, 0.25) is 0 Å². The number of para-hydroxylation sites is 1. The number of methoxy groups -OCH3 is 1. The summed E-state index contributed by atoms with van der Waals surface area (Å²) in [5.41, 5.74) is 8.72. The van der Waals surface area contributed by atoms with E-state index in [1.54, 1.807) is 7.11 Å². The Morgan fingerprint density at radius 2 is 1.76 bits per heavy atom. The second kappa shape index (κ2) is 5.96. The van der Waals surface area contributed by atoms with Crippen molar-refractivity contribution in [2.45, 2.75) is 27.2 Å². The average Bonchev–Trinajstić information content (AvgIpc) is 3.18. The number of furan rings is 1. The van der Waals surface area contributed by atoms with Crippen LogP contribution in [0.25, 0.3) is 22.8 Å². The van der Waals surface area contributed by atoms with E-state index in [0.29, 0.717) is 0 Å². The maximum absolute atomic E-state index is 5.96. The van der Waals surface area contributed by atoms with Crippen LogP contribution in [0, 0.1) is 20.8 Å². The Morgan fingerprint density at radius 3 is 2.48 bits per heavy atom. The Labute approximate surface area is 148 Å². The van der Waals surface area contributed by atoms with Gasteiger partial charge in [0.25, 0.3) is 0 Å². The second-order valence-electron chi connectivity index (χ2n) is 6.73. The normalized spacial score (nSPS) is 12.9. The summed E-state index contributed by atoms with van der Waals surface area (Å²) in [6.45, 7) is 6.27. The first kappa shape index (κ1) is 15.8. The summed E-state index contributed by atoms with van der Waals surface area (Å²) in [6, 6.07) is 14.8. The van der Waals surface area contributed by atoms with Gasteiger partial charge in [-0.2, -0.15) is 0 Å². The summed E-state index contributed by atoms with van der Waals surface area (Å²) >= 11 is 0. The van der Waals surface area contributed by atoms with Gasteiger partial charge in [-0.1, -0.05) is 30.3 Å². The van der Waals surface area contributed by atoms with Gasteiger partial charge in [-0.05, 0) is 72.4 Å². The number of hydrogen-bond donors (Lipinski definition) is 0. The monoisotopic (exact) mass is 330 g/mol. The predicted molar refractivity (Wildman–Crippen MR) is 103 cm³/mol. The lowest BCUT2D eigenvalue weighted by molar-refractivity contribution is 0.416. The fourth-order valence-electron chi connectivity index (χ4n) is 3.62. The van der Waals surface area contributed by atoms with Gasteiger partial charge in [-0.3, -0.25) is 0 Å². The van der Waals surface area contributed by atoms with Crippen molar-refractivity contribution < 1.29 is 9.15 Å². The Kier molecular flexibility index (Phi) is 3.76. The van der Waals surface area contributed by atoms with Crippen molar-refractivity contribution in [1.82, 2.24) is 0 Å². The fourth-order valence-corrected chi connectivity index (χ4v) is 3.62. The molecule has 2 heteroatoms. The zero-order valence-electron chi connectivity index (χ0n) is 15.1. The Hall–Kier alpha value is -2.74. The molecular formula is C23H22O2. The van der Waals surface area contributed by atoms with E-state index in [2.05, 4.69) is 50.3 Å². The predicted octanol–water partition coefficient (Wildman–Crippen LogP) is 5.98. The highest BCUT2D eigenvalue weighted by Crippen LogP contribution is 2.42. The standard InChI is InChI=1S/C23H22O2/c1-14-9-10-17-12-18(22-11-15(2)16(3)25-22)13-20(17)23(14)19-7-5-6-8-21(19)24-4/h5-11,13H,12H2,1-4H3. The van der Waals surface area contributed by atoms with Crippen molar-refractivity contribution in [2.75, 3.05) is 7.11 Å². The van der Waals surface area contributed by atoms with Crippen LogP contribution in [0.4, 0.5) is 0 Å². The fraction of sp³-hybridized carbons (Fsp3) is 0.217. The molecule has 1 aliphatic carbocycles. The molecule has 0 saturated carbocycles. The van der Waals surface area contributed by atoms with E-state index in [1.807, 2.05) is 19.1 Å². The van der Waals surface area contributed by atoms with E-state index in [1.165, 1.54) is 33.4 Å². The summed E-state index contributed by atoms with van der Waals surface area (Å²) in [5, 5.41) is 0. The van der Waals surface area contributed by atoms with Gasteiger partial charge in [0.15, 0.2) is 0 Å². The molecule has 1 aliphatic rings. The van der Waals surface area contributed by atoms with Crippen LogP contribution >= 0.6 is 0 Å². The number of aryl methyl sites for hydroxylation is 3. The third-order valence-electron chi connectivity index (χ3n) is 5.10. The topological polar surface area (TPSA) is 22.4 Å². The third-order valence-corrected chi connectivity index (χ3v) is 5.10. The van der Waals surface area contributed by atoms with Gasteiger partial charge >= 0.3 is 0 Å². The molecule has 1 aromatic heterocycles. The zero-order valence-corrected chi connectivity index (χ0v) is 15.1. The van der Waals surface area contributed by atoms with Crippen LogP contribution in [-0.4, -0.2) is 7.11 Å². The highest BCUT2D eigenvalue weighted by Gasteiger charge is 2.22. The molecule has 0 atom stereocenters. The van der Waals surface area contributed by atoms with Gasteiger partial charge in [0, 0.05) is 12.0 Å². The maximum Gasteiger partial charge on any atom is 0.130 e. The summed E-state index contributed by atoms with van der Waals surface area (Å²) in [7, 11) is 1.73. The van der Waals surface area contributed by atoms with E-state index in [-0.39, 0.29) is 0 Å². The first-order valence-corrected chi connectivity index (χ1v) is 8.62. The van der Waals surface area contributed by atoms with Crippen molar-refractivity contribution in [3.63, 3.8) is 0 Å². The summed E-state index contributed by atoms with van der Waals surface area (Å²) in [4.78, 5) is 0. The molecule has 0 saturated heterocycles. The molecule has 3 aromatic rings. The van der Waals surface area contributed by atoms with E-state index in [0.717, 1.165) is 29.3 Å². The molecular weight excluding hydrogens is 308 g/mol. The molecule has 0 bridgehead atoms. The van der Waals surface area contributed by atoms with Gasteiger partial charge < -0.3 is 9.15 Å². The minimum absolute atomic E-state index is 0.907. The molecule has 0 aliphatic heterocycles. The zero-order chi connectivity index (χ0) is 17.6. The number of fused-ring (bicyclic) bond motifs is 1. The number of allylic oxidation sites excluding steroid dienone is 1. The van der Waals surface area contributed by atoms with Crippen LogP contribution < -0.4 is 4.74 Å². The number of hydrogen-bond acceptors (Lipinski definition) is 2. The van der Waals surface area contributed by atoms with Crippen LogP contribution in [0.3, 0.4) is 0 Å². The molecule has 1 heterocycles. The van der Waals surface area contributed by atoms with Crippen molar-refractivity contribution >= 4 is 11.6 Å². The smallest absolute Gasteiger partial charge is 0.130 e. The molecule has 0 spiro atoms. The number of ether oxygens (including phenoxy) is 1. The number of benzene rings is 2. The lowest BCUT2D eigenvalue weighted by Gasteiger charge is -2.14. The van der Waals surface area contributed by atoms with Crippen molar-refractivity contribution in [2.24, 2.45) is 0 Å². The SMILES string of the molecule is COc1ccccc1-c1c(C)ccc2c1C=C(c1cc(C)c(C)o1)C2. The summed E-state index contributed by atoms with van der Waals surface area (Å²) in [5.74, 6) is 2.88. The minimum Gasteiger partial charge on any atom is -0.496 e. The Morgan fingerprint density at radius 1 is 0.960 bits per heavy atom. The molecule has 126 valence electrons. The highest BCUT2D eigenvalue weighted by molar-refractivity contribution is 5.94. The van der Waals surface area contributed by atoms with E-state index in [9.17, 15) is 0 Å². The largest absolute Gasteiger partial charge is 0.496 e. The van der Waals surface area contributed by atoms with Gasteiger partial charge in [0.05, 0.1) is 7.11 Å². The Bertz CT molecular complexity index is 970. The van der Waals surface area contributed by atoms with Crippen molar-refractivity contribution in [1.29, 1.82) is 0 Å². The van der Waals surface area contributed by atoms with Gasteiger partial charge in [0.1, 0.15) is 17.3 Å². The molecule has 25 heavy (non-hydrogen) atoms. The van der Waals surface area contributed by atoms with Crippen LogP contribution in [0.1, 0.15) is 33.8 Å². The molecule has 0 radical (unpaired) electrons. The van der Waals surface area contributed by atoms with E-state index >= 15 is 0 Å². The van der Waals surface area contributed by atoms with Crippen molar-refractivity contribution in [3.05, 3.63) is 76.2 Å². The Balaban J connectivity index is 1.88. The van der Waals surface area contributed by atoms with Crippen LogP contribution in [0.15, 0.2) is 46.9 Å². The highest BCUT2D eigenvalue weighted by atomic mass is 16.5. The molecule has 2 nitrogen and oxygen atoms in total. The first-order chi connectivity index (χ1) is 12.1. The lowest BCUT2D eigenvalue weighted by atomic mass is 9.92. The third kappa shape index (κ3) is 2.58. The molecule has 4 rings (SSSR count).